The molecule has 2 heterocycles. The number of anilines is 2. The Morgan fingerprint density at radius 1 is 1.14 bits per heavy atom. The van der Waals surface area contributed by atoms with Crippen LogP contribution in [0.4, 0.5) is 11.6 Å². The molecule has 4 aromatic rings. The van der Waals surface area contributed by atoms with Crippen molar-refractivity contribution in [2.45, 2.75) is 46.2 Å². The largest absolute Gasteiger partial charge is 0.469 e. The number of methoxy groups -OCH3 is 1. The molecule has 0 radical (unpaired) electrons. The lowest BCUT2D eigenvalue weighted by Gasteiger charge is -2.16. The molecule has 0 aliphatic rings. The minimum Gasteiger partial charge on any atom is -0.469 e. The fourth-order valence-corrected chi connectivity index (χ4v) is 4.16. The van der Waals surface area contributed by atoms with Crippen molar-refractivity contribution in [1.82, 2.24) is 14.1 Å². The number of carbonyl (C=O) groups is 1. The van der Waals surface area contributed by atoms with Gasteiger partial charge in [-0.15, -0.1) is 0 Å². The summed E-state index contributed by atoms with van der Waals surface area (Å²) in [5.74, 6) is 0.613. The number of hydrogen-bond acceptors (Lipinski definition) is 7. The Morgan fingerprint density at radius 3 is 2.58 bits per heavy atom. The second-order valence-corrected chi connectivity index (χ2v) is 8.82. The number of esters is 1. The summed E-state index contributed by atoms with van der Waals surface area (Å²) in [4.78, 5) is 41.9. The predicted octanol–water partition coefficient (Wildman–Crippen LogP) is 4.42. The lowest BCUT2D eigenvalue weighted by molar-refractivity contribution is -0.140. The van der Waals surface area contributed by atoms with Crippen molar-refractivity contribution >= 4 is 40.2 Å². The molecule has 10 heteroatoms. The predicted molar refractivity (Wildman–Crippen MR) is 138 cm³/mol. The number of halogens is 1. The second-order valence-electron chi connectivity index (χ2n) is 8.38. The average molecular weight is 511 g/mol. The highest BCUT2D eigenvalue weighted by molar-refractivity contribution is 6.30. The zero-order valence-corrected chi connectivity index (χ0v) is 21.1. The van der Waals surface area contributed by atoms with Gasteiger partial charge in [0.1, 0.15) is 11.3 Å². The number of rotatable bonds is 9. The molecule has 0 fully saturated rings. The van der Waals surface area contributed by atoms with E-state index in [2.05, 4.69) is 15.0 Å². The molecular formula is C26H27ClN4O5. The minimum atomic E-state index is -0.700. The van der Waals surface area contributed by atoms with E-state index in [0.717, 1.165) is 38.8 Å². The van der Waals surface area contributed by atoms with Gasteiger partial charge in [0.2, 0.25) is 5.95 Å². The number of benzene rings is 2. The third-order valence-electron chi connectivity index (χ3n) is 6.01. The van der Waals surface area contributed by atoms with Crippen molar-refractivity contribution in [3.05, 3.63) is 85.3 Å². The molecule has 4 rings (SSSR count). The quantitative estimate of drug-likeness (QED) is 0.332. The van der Waals surface area contributed by atoms with Crippen LogP contribution in [-0.4, -0.2) is 27.2 Å². The van der Waals surface area contributed by atoms with Crippen LogP contribution in [0.25, 0.3) is 11.0 Å². The van der Waals surface area contributed by atoms with E-state index in [1.165, 1.54) is 11.7 Å². The van der Waals surface area contributed by atoms with E-state index in [4.69, 9.17) is 16.0 Å². The highest BCUT2D eigenvalue weighted by Crippen LogP contribution is 2.29. The smallest absolute Gasteiger partial charge is 0.354 e. The molecule has 0 aliphatic heterocycles. The molecular weight excluding hydrogens is 484 g/mol. The number of fused-ring (bicyclic) bond motifs is 1. The minimum absolute atomic E-state index is 0.0423. The first-order valence-corrected chi connectivity index (χ1v) is 12.0. The van der Waals surface area contributed by atoms with Crippen LogP contribution in [0.2, 0.25) is 5.02 Å². The number of hydrogen-bond donors (Lipinski definition) is 1. The monoisotopic (exact) mass is 510 g/mol. The fraction of sp³-hybridized carbons (Fsp3) is 0.308. The molecule has 9 nitrogen and oxygen atoms in total. The molecule has 0 aliphatic carbocycles. The standard InChI is InChI=1S/C26H27ClN4O5/c1-4-21-16(2)20-14-19(11-12-22(20)36-21)28-24-29-25(33)30(13-5-6-23(32)35-3)26(34)31(24)15-17-7-9-18(27)10-8-17/h7-12,14H,4-6,13,15H2,1-3H3,(H,28,29,33). The SMILES string of the molecule is CCc1oc2ccc(Nc3nc(=O)n(CCCC(=O)OC)c(=O)n3Cc3ccc(Cl)cc3)cc2c1C. The van der Waals surface area contributed by atoms with Crippen LogP contribution in [0.3, 0.4) is 0 Å². The first-order valence-electron chi connectivity index (χ1n) is 11.6. The molecule has 188 valence electrons. The lowest BCUT2D eigenvalue weighted by atomic mass is 10.1. The summed E-state index contributed by atoms with van der Waals surface area (Å²) >= 11 is 6.01. The molecule has 0 unspecified atom stereocenters. The van der Waals surface area contributed by atoms with E-state index in [1.807, 2.05) is 32.0 Å². The lowest BCUT2D eigenvalue weighted by Crippen LogP contribution is -2.42. The Morgan fingerprint density at radius 2 is 1.89 bits per heavy atom. The maximum absolute atomic E-state index is 13.4. The molecule has 2 aromatic carbocycles. The Kier molecular flexibility index (Phi) is 7.59. The van der Waals surface area contributed by atoms with Crippen LogP contribution >= 0.6 is 11.6 Å². The van der Waals surface area contributed by atoms with Gasteiger partial charge in [-0.05, 0) is 54.8 Å². The summed E-state index contributed by atoms with van der Waals surface area (Å²) in [7, 11) is 1.29. The van der Waals surface area contributed by atoms with Gasteiger partial charge >= 0.3 is 17.3 Å². The number of nitrogens with zero attached hydrogens (tertiary/aromatic N) is 3. The molecule has 0 spiro atoms. The Labute approximate surface area is 212 Å². The highest BCUT2D eigenvalue weighted by Gasteiger charge is 2.16. The number of nitrogens with one attached hydrogen (secondary N) is 1. The summed E-state index contributed by atoms with van der Waals surface area (Å²) < 4.78 is 13.0. The van der Waals surface area contributed by atoms with E-state index in [9.17, 15) is 14.4 Å². The van der Waals surface area contributed by atoms with E-state index >= 15 is 0 Å². The van der Waals surface area contributed by atoms with E-state index in [1.54, 1.807) is 24.3 Å². The van der Waals surface area contributed by atoms with Gasteiger partial charge in [0, 0.05) is 35.5 Å². The summed E-state index contributed by atoms with van der Waals surface area (Å²) in [6.45, 7) is 4.23. The molecule has 1 N–H and O–H groups in total. The average Bonchev–Trinajstić information content (AvgIpc) is 3.19. The number of aryl methyl sites for hydroxylation is 2. The van der Waals surface area contributed by atoms with Gasteiger partial charge in [-0.1, -0.05) is 30.7 Å². The van der Waals surface area contributed by atoms with Crippen molar-refractivity contribution in [2.75, 3.05) is 12.4 Å². The molecule has 0 saturated carbocycles. The fourth-order valence-electron chi connectivity index (χ4n) is 4.03. The van der Waals surface area contributed by atoms with Crippen LogP contribution in [-0.2, 0) is 29.0 Å². The summed E-state index contributed by atoms with van der Waals surface area (Å²) in [5.41, 5.74) is 2.04. The summed E-state index contributed by atoms with van der Waals surface area (Å²) in [6, 6.07) is 12.6. The van der Waals surface area contributed by atoms with Crippen molar-refractivity contribution < 1.29 is 13.9 Å². The molecule has 2 aromatic heterocycles. The van der Waals surface area contributed by atoms with Crippen LogP contribution in [0.5, 0.6) is 0 Å². The van der Waals surface area contributed by atoms with Crippen LogP contribution in [0, 0.1) is 6.92 Å². The Hall–Kier alpha value is -3.85. The van der Waals surface area contributed by atoms with Gasteiger partial charge in [0.25, 0.3) is 0 Å². The maximum atomic E-state index is 13.4. The molecule has 0 saturated heterocycles. The van der Waals surface area contributed by atoms with Crippen LogP contribution in [0.15, 0.2) is 56.5 Å². The Bertz CT molecular complexity index is 1520. The molecule has 0 atom stereocenters. The van der Waals surface area contributed by atoms with Crippen molar-refractivity contribution in [1.29, 1.82) is 0 Å². The van der Waals surface area contributed by atoms with Gasteiger partial charge in [-0.3, -0.25) is 9.36 Å². The number of ether oxygens (including phenoxy) is 1. The second kappa shape index (κ2) is 10.8. The summed E-state index contributed by atoms with van der Waals surface area (Å²) in [5, 5.41) is 4.66. The number of aromatic nitrogens is 3. The summed E-state index contributed by atoms with van der Waals surface area (Å²) in [6.07, 6.45) is 1.14. The van der Waals surface area contributed by atoms with Crippen molar-refractivity contribution in [3.8, 4) is 0 Å². The van der Waals surface area contributed by atoms with Crippen molar-refractivity contribution in [2.24, 2.45) is 0 Å². The zero-order chi connectivity index (χ0) is 25.8. The van der Waals surface area contributed by atoms with Crippen LogP contribution < -0.4 is 16.7 Å². The van der Waals surface area contributed by atoms with Crippen molar-refractivity contribution in [3.63, 3.8) is 0 Å². The van der Waals surface area contributed by atoms with Crippen LogP contribution in [0.1, 0.15) is 36.7 Å². The number of furan rings is 1. The molecule has 36 heavy (non-hydrogen) atoms. The Balaban J connectivity index is 1.73. The third-order valence-corrected chi connectivity index (χ3v) is 6.26. The van der Waals surface area contributed by atoms with E-state index in [0.29, 0.717) is 10.7 Å². The van der Waals surface area contributed by atoms with E-state index < -0.39 is 17.3 Å². The first-order chi connectivity index (χ1) is 17.3. The zero-order valence-electron chi connectivity index (χ0n) is 20.3. The highest BCUT2D eigenvalue weighted by atomic mass is 35.5. The van der Waals surface area contributed by atoms with Gasteiger partial charge in [0.15, 0.2) is 0 Å². The topological polar surface area (TPSA) is 108 Å². The molecule has 0 bridgehead atoms. The maximum Gasteiger partial charge on any atom is 0.354 e. The number of carbonyl (C=O) groups excluding carboxylic acids is 1. The first kappa shape index (κ1) is 25.2. The molecule has 0 amide bonds. The van der Waals surface area contributed by atoms with E-state index in [-0.39, 0.29) is 31.9 Å². The third kappa shape index (κ3) is 5.36. The normalized spacial score (nSPS) is 11.1. The van der Waals surface area contributed by atoms with Gasteiger partial charge in [0.05, 0.1) is 13.7 Å². The van der Waals surface area contributed by atoms with Gasteiger partial charge in [-0.2, -0.15) is 4.98 Å². The van der Waals surface area contributed by atoms with Gasteiger partial charge in [-0.25, -0.2) is 14.2 Å². The van der Waals surface area contributed by atoms with Gasteiger partial charge < -0.3 is 14.5 Å².